The van der Waals surface area contributed by atoms with E-state index in [4.69, 9.17) is 0 Å². The molecule has 12 nitrogen and oxygen atoms in total. The number of carbonyl (C=O) groups excluding carboxylic acids is 5. The van der Waals surface area contributed by atoms with Crippen molar-refractivity contribution in [1.29, 1.82) is 0 Å². The normalized spacial score (nSPS) is 14.1. The van der Waals surface area contributed by atoms with Crippen molar-refractivity contribution in [2.24, 2.45) is 11.8 Å². The highest BCUT2D eigenvalue weighted by Gasteiger charge is 2.29. The van der Waals surface area contributed by atoms with Crippen molar-refractivity contribution in [3.8, 4) is 0 Å². The predicted octanol–water partition coefficient (Wildman–Crippen LogP) is 3.08. The number of carbonyl (C=O) groups is 5. The van der Waals surface area contributed by atoms with Crippen molar-refractivity contribution < 1.29 is 24.0 Å². The summed E-state index contributed by atoms with van der Waals surface area (Å²) in [6, 6.07) is 0.104. The van der Waals surface area contributed by atoms with Crippen molar-refractivity contribution in [2.75, 3.05) is 13.1 Å². The molecule has 0 aliphatic carbocycles. The predicted molar refractivity (Wildman–Crippen MR) is 183 cm³/mol. The first kappa shape index (κ1) is 42.5. The lowest BCUT2D eigenvalue weighted by molar-refractivity contribution is -0.131. The van der Waals surface area contributed by atoms with Gasteiger partial charge in [-0.15, -0.1) is 0 Å². The fraction of sp³-hybridized carbons (Fsp3) is 0.706. The maximum Gasteiger partial charge on any atom is 0.253 e. The van der Waals surface area contributed by atoms with Gasteiger partial charge in [-0.05, 0) is 57.1 Å². The Morgan fingerprint density at radius 1 is 0.761 bits per heavy atom. The fourth-order valence-electron chi connectivity index (χ4n) is 4.70. The number of rotatable bonds is 20. The van der Waals surface area contributed by atoms with Gasteiger partial charge in [0.05, 0.1) is 11.6 Å². The summed E-state index contributed by atoms with van der Waals surface area (Å²) in [6.07, 6.45) is 5.79. The standard InChI is InChI=1S/C32H55N7O5.C2H6/c1-9-13-25(38-31(43)26(14-10-2)37-29(41)23-15-12-16-33-18-23)30(42)36-24(17-20(4)5)19-35-22(8)28(40)39-27(21(6)7)32(44)34-11-3;1-2/h12,15-16,18,20-22,24-27,35H,9-11,13-14,17,19H2,1-8H3,(H,34,44)(H,36,42)(H,37,41)(H,38,43)(H,39,40);1-2H3/t22-,24?,25-,26?,27?;/m0./s1. The molecule has 0 saturated carbocycles. The highest BCUT2D eigenvalue weighted by Crippen LogP contribution is 2.08. The fourth-order valence-corrected chi connectivity index (χ4v) is 4.70. The highest BCUT2D eigenvalue weighted by molar-refractivity contribution is 5.98. The molecular formula is C34H61N7O5. The van der Waals surface area contributed by atoms with Crippen LogP contribution in [0.5, 0.6) is 0 Å². The first-order chi connectivity index (χ1) is 21.8. The molecule has 0 saturated heterocycles. The van der Waals surface area contributed by atoms with Crippen LogP contribution in [0, 0.1) is 11.8 Å². The molecule has 12 heteroatoms. The summed E-state index contributed by atoms with van der Waals surface area (Å²) in [4.78, 5) is 68.7. The molecule has 1 heterocycles. The molecule has 46 heavy (non-hydrogen) atoms. The van der Waals surface area contributed by atoms with Gasteiger partial charge >= 0.3 is 0 Å². The van der Waals surface area contributed by atoms with Crippen LogP contribution in [0.3, 0.4) is 0 Å². The Morgan fingerprint density at radius 3 is 1.85 bits per heavy atom. The molecule has 6 N–H and O–H groups in total. The van der Waals surface area contributed by atoms with Gasteiger partial charge in [0, 0.05) is 31.5 Å². The summed E-state index contributed by atoms with van der Waals surface area (Å²) in [5.41, 5.74) is 0.347. The second-order valence-corrected chi connectivity index (χ2v) is 12.0. The molecular weight excluding hydrogens is 586 g/mol. The van der Waals surface area contributed by atoms with Crippen LogP contribution >= 0.6 is 0 Å². The quantitative estimate of drug-likeness (QED) is 0.126. The van der Waals surface area contributed by atoms with Crippen LogP contribution in [0.25, 0.3) is 0 Å². The molecule has 0 aliphatic rings. The minimum absolute atomic E-state index is 0.0861. The van der Waals surface area contributed by atoms with Crippen LogP contribution in [0.2, 0.25) is 0 Å². The number of likely N-dealkylation sites (N-methyl/N-ethyl adjacent to an activating group) is 1. The van der Waals surface area contributed by atoms with E-state index >= 15 is 0 Å². The van der Waals surface area contributed by atoms with E-state index in [1.807, 2.05) is 62.3 Å². The van der Waals surface area contributed by atoms with Gasteiger partial charge < -0.3 is 31.9 Å². The number of amides is 5. The first-order valence-electron chi connectivity index (χ1n) is 17.0. The maximum atomic E-state index is 13.4. The average molecular weight is 648 g/mol. The van der Waals surface area contributed by atoms with Crippen molar-refractivity contribution in [3.05, 3.63) is 30.1 Å². The Balaban J connectivity index is 0.00000991. The Morgan fingerprint density at radius 2 is 1.35 bits per heavy atom. The molecule has 0 fully saturated rings. The van der Waals surface area contributed by atoms with Gasteiger partial charge in [-0.1, -0.05) is 68.2 Å². The average Bonchev–Trinajstić information content (AvgIpc) is 3.02. The van der Waals surface area contributed by atoms with E-state index in [0.29, 0.717) is 50.8 Å². The lowest BCUT2D eigenvalue weighted by Crippen LogP contribution is -2.57. The second kappa shape index (κ2) is 23.7. The minimum Gasteiger partial charge on any atom is -0.355 e. The van der Waals surface area contributed by atoms with Crippen LogP contribution in [0.15, 0.2) is 24.5 Å². The lowest BCUT2D eigenvalue weighted by atomic mass is 10.0. The third-order valence-corrected chi connectivity index (χ3v) is 7.10. The SMILES string of the molecule is CC.CCCC(NC(=O)c1cccnc1)C(=O)N[C@@H](CCC)C(=O)NC(CN[C@@H](C)C(=O)NC(C(=O)NCC)C(C)C)CC(C)C. The zero-order chi connectivity index (χ0) is 35.2. The van der Waals surface area contributed by atoms with E-state index in [1.165, 1.54) is 6.20 Å². The zero-order valence-corrected chi connectivity index (χ0v) is 29.8. The largest absolute Gasteiger partial charge is 0.355 e. The monoisotopic (exact) mass is 647 g/mol. The summed E-state index contributed by atoms with van der Waals surface area (Å²) in [6.45, 7) is 20.0. The van der Waals surface area contributed by atoms with E-state index in [2.05, 4.69) is 36.9 Å². The van der Waals surface area contributed by atoms with Gasteiger partial charge in [0.25, 0.3) is 5.91 Å². The number of nitrogens with zero attached hydrogens (tertiary/aromatic N) is 1. The molecule has 5 atom stereocenters. The van der Waals surface area contributed by atoms with E-state index in [1.54, 1.807) is 25.3 Å². The molecule has 0 aliphatic heterocycles. The number of hydrogen-bond donors (Lipinski definition) is 6. The summed E-state index contributed by atoms with van der Waals surface area (Å²) >= 11 is 0. The molecule has 1 aromatic rings. The van der Waals surface area contributed by atoms with Gasteiger partial charge in [0.15, 0.2) is 0 Å². The number of hydrogen-bond acceptors (Lipinski definition) is 7. The summed E-state index contributed by atoms with van der Waals surface area (Å²) in [7, 11) is 0. The highest BCUT2D eigenvalue weighted by atomic mass is 16.2. The van der Waals surface area contributed by atoms with E-state index in [9.17, 15) is 24.0 Å². The molecule has 1 rings (SSSR count). The Bertz CT molecular complexity index is 1050. The number of pyridine rings is 1. The van der Waals surface area contributed by atoms with E-state index in [-0.39, 0.29) is 35.6 Å². The molecule has 5 amide bonds. The summed E-state index contributed by atoms with van der Waals surface area (Å²) < 4.78 is 0. The van der Waals surface area contributed by atoms with Gasteiger partial charge in [-0.3, -0.25) is 29.0 Å². The molecule has 1 aromatic heterocycles. The van der Waals surface area contributed by atoms with Gasteiger partial charge in [-0.2, -0.15) is 0 Å². The van der Waals surface area contributed by atoms with Crippen LogP contribution < -0.4 is 31.9 Å². The first-order valence-corrected chi connectivity index (χ1v) is 17.0. The van der Waals surface area contributed by atoms with Crippen molar-refractivity contribution >= 4 is 29.5 Å². The van der Waals surface area contributed by atoms with E-state index < -0.39 is 36.0 Å². The van der Waals surface area contributed by atoms with Crippen molar-refractivity contribution in [3.63, 3.8) is 0 Å². The van der Waals surface area contributed by atoms with Crippen LogP contribution in [-0.4, -0.2) is 77.8 Å². The molecule has 0 radical (unpaired) electrons. The topological polar surface area (TPSA) is 170 Å². The lowest BCUT2D eigenvalue weighted by Gasteiger charge is -2.28. The van der Waals surface area contributed by atoms with Crippen molar-refractivity contribution in [1.82, 2.24) is 36.9 Å². The molecule has 262 valence electrons. The molecule has 0 aromatic carbocycles. The van der Waals surface area contributed by atoms with Crippen molar-refractivity contribution in [2.45, 2.75) is 132 Å². The molecule has 0 bridgehead atoms. The summed E-state index contributed by atoms with van der Waals surface area (Å²) in [5, 5.41) is 17.5. The smallest absolute Gasteiger partial charge is 0.253 e. The number of aromatic nitrogens is 1. The van der Waals surface area contributed by atoms with Gasteiger partial charge in [0.2, 0.25) is 23.6 Å². The van der Waals surface area contributed by atoms with Crippen LogP contribution in [0.4, 0.5) is 0 Å². The third-order valence-electron chi connectivity index (χ3n) is 7.10. The Hall–Kier alpha value is -3.54. The minimum atomic E-state index is -0.804. The summed E-state index contributed by atoms with van der Waals surface area (Å²) in [5.74, 6) is -1.52. The van der Waals surface area contributed by atoms with Crippen LogP contribution in [-0.2, 0) is 19.2 Å². The van der Waals surface area contributed by atoms with E-state index in [0.717, 1.165) is 0 Å². The Labute approximate surface area is 276 Å². The Kier molecular flexibility index (Phi) is 21.9. The van der Waals surface area contributed by atoms with Crippen LogP contribution in [0.1, 0.15) is 112 Å². The maximum absolute atomic E-state index is 13.4. The number of nitrogens with one attached hydrogen (secondary N) is 6. The third kappa shape index (κ3) is 16.1. The second-order valence-electron chi connectivity index (χ2n) is 12.0. The van der Waals surface area contributed by atoms with Gasteiger partial charge in [0.1, 0.15) is 18.1 Å². The van der Waals surface area contributed by atoms with Gasteiger partial charge in [-0.25, -0.2) is 0 Å². The zero-order valence-electron chi connectivity index (χ0n) is 29.8. The molecule has 0 spiro atoms. The molecule has 3 unspecified atom stereocenters.